The molecule has 5 nitrogen and oxygen atoms in total. The van der Waals surface area contributed by atoms with Gasteiger partial charge in [0.2, 0.25) is 0 Å². The third-order valence-electron chi connectivity index (χ3n) is 3.88. The molecule has 0 aromatic carbocycles. The van der Waals surface area contributed by atoms with Gasteiger partial charge in [-0.25, -0.2) is 4.79 Å². The number of carboxylic acid groups (broad SMARTS) is 1. The lowest BCUT2D eigenvalue weighted by molar-refractivity contribution is -0.146. The molecule has 0 spiro atoms. The topological polar surface area (TPSA) is 69.6 Å². The third-order valence-corrected chi connectivity index (χ3v) is 3.88. The summed E-state index contributed by atoms with van der Waals surface area (Å²) in [6.07, 6.45) is 4.22. The molecule has 0 atom stereocenters. The van der Waals surface area contributed by atoms with Crippen molar-refractivity contribution in [1.82, 2.24) is 10.2 Å². The Balaban J connectivity index is 1.79. The molecule has 0 unspecified atom stereocenters. The third kappa shape index (κ3) is 1.86. The van der Waals surface area contributed by atoms with Gasteiger partial charge < -0.3 is 15.3 Å². The molecule has 1 saturated heterocycles. The van der Waals surface area contributed by atoms with Gasteiger partial charge in [0.1, 0.15) is 0 Å². The molecule has 1 aliphatic carbocycles. The molecule has 2 fully saturated rings. The summed E-state index contributed by atoms with van der Waals surface area (Å²) in [6, 6.07) is -0.0981. The van der Waals surface area contributed by atoms with Crippen LogP contribution in [0.1, 0.15) is 32.6 Å². The van der Waals surface area contributed by atoms with Gasteiger partial charge in [0.25, 0.3) is 0 Å². The number of likely N-dealkylation sites (tertiary alicyclic amines) is 1. The van der Waals surface area contributed by atoms with E-state index in [9.17, 15) is 9.59 Å². The molecule has 2 rings (SSSR count). The molecule has 1 aliphatic heterocycles. The van der Waals surface area contributed by atoms with E-state index in [0.29, 0.717) is 13.1 Å². The number of nitrogens with zero attached hydrogens (tertiary/aromatic N) is 1. The van der Waals surface area contributed by atoms with Crippen molar-refractivity contribution in [2.24, 2.45) is 5.92 Å². The van der Waals surface area contributed by atoms with Crippen LogP contribution in [0.25, 0.3) is 0 Å². The molecule has 0 aromatic rings. The standard InChI is InChI=1S/C11H18N2O3/c1-2-11(4-3-5-11)12-10(16)13-6-8(7-13)9(14)15/h8H,2-7H2,1H3,(H,12,16)(H,14,15). The first-order valence-corrected chi connectivity index (χ1v) is 5.86. The predicted octanol–water partition coefficient (Wildman–Crippen LogP) is 1.05. The minimum Gasteiger partial charge on any atom is -0.481 e. The summed E-state index contributed by atoms with van der Waals surface area (Å²) in [4.78, 5) is 24.0. The first-order valence-electron chi connectivity index (χ1n) is 5.86. The van der Waals surface area contributed by atoms with Gasteiger partial charge in [-0.2, -0.15) is 0 Å². The number of carboxylic acids is 1. The smallest absolute Gasteiger partial charge is 0.317 e. The van der Waals surface area contributed by atoms with E-state index in [0.717, 1.165) is 19.3 Å². The number of aliphatic carboxylic acids is 1. The normalized spacial score (nSPS) is 23.2. The Hall–Kier alpha value is -1.26. The van der Waals surface area contributed by atoms with Crippen molar-refractivity contribution >= 4 is 12.0 Å². The molecule has 2 N–H and O–H groups in total. The minimum absolute atomic E-state index is 0.00854. The average molecular weight is 226 g/mol. The van der Waals surface area contributed by atoms with Crippen molar-refractivity contribution < 1.29 is 14.7 Å². The van der Waals surface area contributed by atoms with Gasteiger partial charge in [-0.3, -0.25) is 4.79 Å². The highest BCUT2D eigenvalue weighted by molar-refractivity contribution is 5.80. The second-order valence-electron chi connectivity index (χ2n) is 4.86. The summed E-state index contributed by atoms with van der Waals surface area (Å²) >= 11 is 0. The number of rotatable bonds is 3. The Kier molecular flexibility index (Phi) is 2.78. The Morgan fingerprint density at radius 2 is 2.06 bits per heavy atom. The monoisotopic (exact) mass is 226 g/mol. The summed E-state index contributed by atoms with van der Waals surface area (Å²) in [6.45, 7) is 2.78. The van der Waals surface area contributed by atoms with Crippen LogP contribution in [0.15, 0.2) is 0 Å². The van der Waals surface area contributed by atoms with E-state index < -0.39 is 5.97 Å². The van der Waals surface area contributed by atoms with Crippen molar-refractivity contribution in [2.75, 3.05) is 13.1 Å². The molecule has 5 heteroatoms. The maximum Gasteiger partial charge on any atom is 0.317 e. The van der Waals surface area contributed by atoms with Crippen molar-refractivity contribution in [3.05, 3.63) is 0 Å². The van der Waals surface area contributed by atoms with Gasteiger partial charge >= 0.3 is 12.0 Å². The number of hydrogen-bond donors (Lipinski definition) is 2. The summed E-state index contributed by atoms with van der Waals surface area (Å²) in [7, 11) is 0. The summed E-state index contributed by atoms with van der Waals surface area (Å²) in [5, 5.41) is 11.7. The zero-order chi connectivity index (χ0) is 11.8. The van der Waals surface area contributed by atoms with Gasteiger partial charge in [-0.15, -0.1) is 0 Å². The quantitative estimate of drug-likeness (QED) is 0.755. The molecular weight excluding hydrogens is 208 g/mol. The van der Waals surface area contributed by atoms with Crippen LogP contribution in [-0.4, -0.2) is 40.6 Å². The highest BCUT2D eigenvalue weighted by Crippen LogP contribution is 2.35. The number of hydrogen-bond acceptors (Lipinski definition) is 2. The van der Waals surface area contributed by atoms with Crippen LogP contribution in [0.5, 0.6) is 0 Å². The second-order valence-corrected chi connectivity index (χ2v) is 4.86. The van der Waals surface area contributed by atoms with Crippen molar-refractivity contribution in [2.45, 2.75) is 38.1 Å². The summed E-state index contributed by atoms with van der Waals surface area (Å²) in [5.41, 5.74) is -0.00854. The molecule has 0 bridgehead atoms. The van der Waals surface area contributed by atoms with E-state index in [1.165, 1.54) is 6.42 Å². The molecule has 0 radical (unpaired) electrons. The largest absolute Gasteiger partial charge is 0.481 e. The molecule has 0 aromatic heterocycles. The Bertz CT molecular complexity index is 301. The van der Waals surface area contributed by atoms with Crippen LogP contribution >= 0.6 is 0 Å². The van der Waals surface area contributed by atoms with E-state index >= 15 is 0 Å². The second kappa shape index (κ2) is 3.96. The predicted molar refractivity (Wildman–Crippen MR) is 58.1 cm³/mol. The van der Waals surface area contributed by atoms with Crippen molar-refractivity contribution in [1.29, 1.82) is 0 Å². The summed E-state index contributed by atoms with van der Waals surface area (Å²) in [5.74, 6) is -1.18. The van der Waals surface area contributed by atoms with Gasteiger partial charge in [0, 0.05) is 18.6 Å². The number of urea groups is 1. The van der Waals surface area contributed by atoms with Gasteiger partial charge in [0.05, 0.1) is 5.92 Å². The van der Waals surface area contributed by atoms with Crippen molar-refractivity contribution in [3.8, 4) is 0 Å². The van der Waals surface area contributed by atoms with E-state index in [4.69, 9.17) is 5.11 Å². The lowest BCUT2D eigenvalue weighted by atomic mass is 9.75. The Labute approximate surface area is 94.8 Å². The maximum absolute atomic E-state index is 11.8. The number of carbonyl (C=O) groups excluding carboxylic acids is 1. The highest BCUT2D eigenvalue weighted by Gasteiger charge is 2.41. The average Bonchev–Trinajstić information content (AvgIpc) is 2.08. The molecule has 2 aliphatic rings. The molecular formula is C11H18N2O3. The molecule has 90 valence electrons. The molecule has 1 saturated carbocycles. The lowest BCUT2D eigenvalue weighted by Crippen LogP contribution is -2.62. The lowest BCUT2D eigenvalue weighted by Gasteiger charge is -2.45. The molecule has 16 heavy (non-hydrogen) atoms. The summed E-state index contributed by atoms with van der Waals surface area (Å²) < 4.78 is 0. The zero-order valence-corrected chi connectivity index (χ0v) is 9.53. The van der Waals surface area contributed by atoms with Gasteiger partial charge in [-0.1, -0.05) is 6.92 Å². The number of nitrogens with one attached hydrogen (secondary N) is 1. The van der Waals surface area contributed by atoms with E-state index in [1.54, 1.807) is 4.90 Å². The zero-order valence-electron chi connectivity index (χ0n) is 9.53. The molecule has 1 heterocycles. The van der Waals surface area contributed by atoms with Gasteiger partial charge in [-0.05, 0) is 25.7 Å². The fourth-order valence-corrected chi connectivity index (χ4v) is 2.28. The minimum atomic E-state index is -0.808. The van der Waals surface area contributed by atoms with E-state index in [-0.39, 0.29) is 17.5 Å². The SMILES string of the molecule is CCC1(NC(=O)N2CC(C(=O)O)C2)CCC1. The van der Waals surface area contributed by atoms with Gasteiger partial charge in [0.15, 0.2) is 0 Å². The maximum atomic E-state index is 11.8. The highest BCUT2D eigenvalue weighted by atomic mass is 16.4. The van der Waals surface area contributed by atoms with Crippen LogP contribution in [0, 0.1) is 5.92 Å². The van der Waals surface area contributed by atoms with Crippen molar-refractivity contribution in [3.63, 3.8) is 0 Å². The Morgan fingerprint density at radius 1 is 1.44 bits per heavy atom. The van der Waals surface area contributed by atoms with Crippen LogP contribution in [-0.2, 0) is 4.79 Å². The van der Waals surface area contributed by atoms with Crippen LogP contribution in [0.3, 0.4) is 0 Å². The number of carbonyl (C=O) groups is 2. The Morgan fingerprint density at radius 3 is 2.44 bits per heavy atom. The van der Waals surface area contributed by atoms with Crippen LogP contribution in [0.2, 0.25) is 0 Å². The fraction of sp³-hybridized carbons (Fsp3) is 0.818. The van der Waals surface area contributed by atoms with E-state index in [2.05, 4.69) is 12.2 Å². The van der Waals surface area contributed by atoms with Crippen LogP contribution in [0.4, 0.5) is 4.79 Å². The number of amides is 2. The first kappa shape index (κ1) is 11.2. The van der Waals surface area contributed by atoms with E-state index in [1.807, 2.05) is 0 Å². The fourth-order valence-electron chi connectivity index (χ4n) is 2.28. The van der Waals surface area contributed by atoms with Crippen LogP contribution < -0.4 is 5.32 Å². The molecule has 2 amide bonds. The first-order chi connectivity index (χ1) is 7.56.